The summed E-state index contributed by atoms with van der Waals surface area (Å²) in [6.45, 7) is 9.44. The van der Waals surface area contributed by atoms with Crippen LogP contribution in [0.5, 0.6) is 28.7 Å². The summed E-state index contributed by atoms with van der Waals surface area (Å²) >= 11 is 0. The van der Waals surface area contributed by atoms with E-state index >= 15 is 0 Å². The summed E-state index contributed by atoms with van der Waals surface area (Å²) in [7, 11) is 3.77. The van der Waals surface area contributed by atoms with Crippen LogP contribution >= 0.6 is 0 Å². The number of benzene rings is 3. The molecule has 16 unspecified atom stereocenters. The SMILES string of the molecule is CCC1CC2C=CC1CC(O)CC1(CCCC13CCOC1(CCC(CNC)C1)C3)CN=C(N)NCC1C=CC3CCC(CO)C1C3Oc1cc(ccc1O)C1Oc3cc(OC)c4c(c3CC1O)C2Cc1cc(O)c(CC(C)C)cc1-4. The van der Waals surface area contributed by atoms with Crippen LogP contribution in [0.2, 0.25) is 0 Å². The van der Waals surface area contributed by atoms with Crippen molar-refractivity contribution in [3.63, 3.8) is 0 Å². The number of nitrogens with zero attached hydrogens (tertiary/aromatic N) is 1. The molecule has 15 rings (SSSR count). The zero-order chi connectivity index (χ0) is 55.7. The molecule has 434 valence electrons. The summed E-state index contributed by atoms with van der Waals surface area (Å²) in [5.41, 5.74) is 13.4. The molecular weight excluding hydrogens is 1000 g/mol. The molecule has 0 aromatic heterocycles. The summed E-state index contributed by atoms with van der Waals surface area (Å²) in [5.74, 6) is 3.90. The molecule has 13 nitrogen and oxygen atoms in total. The van der Waals surface area contributed by atoms with Crippen molar-refractivity contribution < 1.29 is 44.5 Å². The summed E-state index contributed by atoms with van der Waals surface area (Å²) in [5, 5.41) is 66.5. The van der Waals surface area contributed by atoms with Gasteiger partial charge in [0.05, 0.1) is 24.9 Å². The Morgan fingerprint density at radius 2 is 1.68 bits per heavy atom. The smallest absolute Gasteiger partial charge is 0.188 e. The predicted molar refractivity (Wildman–Crippen MR) is 312 cm³/mol. The van der Waals surface area contributed by atoms with Gasteiger partial charge in [-0.05, 0) is 208 Å². The third-order valence-corrected chi connectivity index (χ3v) is 22.1. The summed E-state index contributed by atoms with van der Waals surface area (Å²) in [6, 6.07) is 11.5. The average molecular weight is 1100 g/mol. The molecule has 3 saturated carbocycles. The number of nitrogens with two attached hydrogens (primary N) is 1. The van der Waals surface area contributed by atoms with E-state index in [-0.39, 0.29) is 76.3 Å². The lowest BCUT2D eigenvalue weighted by atomic mass is 9.56. The van der Waals surface area contributed by atoms with Crippen LogP contribution in [0.15, 0.2) is 65.7 Å². The number of fused-ring (bicyclic) bond motifs is 2. The van der Waals surface area contributed by atoms with E-state index in [2.05, 4.69) is 68.8 Å². The normalized spacial score (nSPS) is 37.4. The summed E-state index contributed by atoms with van der Waals surface area (Å²) in [6.07, 6.45) is 22.0. The zero-order valence-corrected chi connectivity index (χ0v) is 48.3. The van der Waals surface area contributed by atoms with E-state index in [9.17, 15) is 25.5 Å². The number of rotatable bonds is 7. The van der Waals surface area contributed by atoms with E-state index in [0.717, 1.165) is 130 Å². The van der Waals surface area contributed by atoms with Crippen molar-refractivity contribution in [3.8, 4) is 39.9 Å². The lowest BCUT2D eigenvalue weighted by Crippen LogP contribution is -2.53. The van der Waals surface area contributed by atoms with Gasteiger partial charge in [0.2, 0.25) is 0 Å². The number of aliphatic hydroxyl groups is 3. The minimum absolute atomic E-state index is 0.00464. The molecule has 0 radical (unpaired) electrons. The van der Waals surface area contributed by atoms with Crippen LogP contribution in [-0.4, -0.2) is 102 Å². The molecule has 80 heavy (non-hydrogen) atoms. The maximum Gasteiger partial charge on any atom is 0.188 e. The molecule has 9 N–H and O–H groups in total. The highest BCUT2D eigenvalue weighted by molar-refractivity contribution is 5.84. The summed E-state index contributed by atoms with van der Waals surface area (Å²) < 4.78 is 27.3. The third-order valence-electron chi connectivity index (χ3n) is 22.1. The maximum atomic E-state index is 12.8. The van der Waals surface area contributed by atoms with Crippen LogP contribution in [0, 0.1) is 64.1 Å². The Balaban J connectivity index is 0.960. The van der Waals surface area contributed by atoms with Crippen LogP contribution in [0.1, 0.15) is 151 Å². The van der Waals surface area contributed by atoms with Crippen molar-refractivity contribution in [1.82, 2.24) is 10.6 Å². The second kappa shape index (κ2) is 22.4. The highest BCUT2D eigenvalue weighted by atomic mass is 16.5. The molecule has 0 amide bonds. The number of aliphatic imine (C=N–C) groups is 1. The zero-order valence-electron chi connectivity index (χ0n) is 48.3. The lowest BCUT2D eigenvalue weighted by molar-refractivity contribution is -0.158. The molecule has 12 bridgehead atoms. The number of ether oxygens (including phenoxy) is 4. The topological polar surface area (TPSA) is 201 Å². The number of guanidine groups is 1. The van der Waals surface area contributed by atoms with Gasteiger partial charge < -0.3 is 60.8 Å². The van der Waals surface area contributed by atoms with Crippen LogP contribution in [0.3, 0.4) is 0 Å². The number of aliphatic hydroxyl groups excluding tert-OH is 3. The molecule has 1 saturated heterocycles. The standard InChI is InChI=1S/C67H92N4O9/c1-6-40-23-43-11-10-42(40)24-49(73)32-66(18-7-17-65(66)20-21-78-67(36-65)19-16-39(31-67)33-69-4)37-71-64(68)70-34-45-12-8-41-9-13-46(35-72)59(45)63(41)80-57-28-44(14-15-53(57)74)62-55(76)29-52-56(79-62)30-58(77-5)61-51-26-48(22-38(2)3)54(75)27-47(51)25-50(43)60(52)61/h8,10-12,14-15,26-28,30,38-43,45-46,49-50,55,59,62-63,69,72-76H,6-7,9,13,16-25,29,31-37H2,1-5H3,(H3,68,70,71). The van der Waals surface area contributed by atoms with Crippen LogP contribution < -0.4 is 30.6 Å². The lowest BCUT2D eigenvalue weighted by Gasteiger charge is -2.54. The molecule has 12 aliphatic rings. The van der Waals surface area contributed by atoms with Crippen molar-refractivity contribution in [2.75, 3.05) is 47.0 Å². The molecule has 4 fully saturated rings. The molecular formula is C67H92N4O9. The van der Waals surface area contributed by atoms with E-state index in [4.69, 9.17) is 29.7 Å². The van der Waals surface area contributed by atoms with E-state index in [1.165, 1.54) is 0 Å². The van der Waals surface area contributed by atoms with Crippen LogP contribution in [0.25, 0.3) is 11.1 Å². The van der Waals surface area contributed by atoms with E-state index in [0.29, 0.717) is 91.0 Å². The molecule has 6 aliphatic carbocycles. The van der Waals surface area contributed by atoms with Gasteiger partial charge in [-0.15, -0.1) is 0 Å². The van der Waals surface area contributed by atoms with Crippen LogP contribution in [-0.2, 0) is 24.0 Å². The minimum Gasteiger partial charge on any atom is -0.508 e. The first-order valence-electron chi connectivity index (χ1n) is 31.1. The monoisotopic (exact) mass is 1100 g/mol. The van der Waals surface area contributed by atoms with Gasteiger partial charge in [-0.1, -0.05) is 64.0 Å². The Hall–Kier alpha value is -4.79. The Labute approximate surface area is 475 Å². The van der Waals surface area contributed by atoms with Gasteiger partial charge in [0.15, 0.2) is 17.5 Å². The number of allylic oxidation sites excluding steroid dienone is 2. The highest BCUT2D eigenvalue weighted by Crippen LogP contribution is 2.66. The van der Waals surface area contributed by atoms with E-state index < -0.39 is 18.3 Å². The van der Waals surface area contributed by atoms with Gasteiger partial charge in [0.1, 0.15) is 29.5 Å². The fourth-order valence-electron chi connectivity index (χ4n) is 18.3. The first-order chi connectivity index (χ1) is 38.7. The first kappa shape index (κ1) is 55.7. The highest BCUT2D eigenvalue weighted by Gasteiger charge is 2.61. The van der Waals surface area contributed by atoms with Gasteiger partial charge in [-0.3, -0.25) is 4.99 Å². The van der Waals surface area contributed by atoms with E-state index in [1.54, 1.807) is 13.2 Å². The minimum atomic E-state index is -0.925. The van der Waals surface area contributed by atoms with Crippen molar-refractivity contribution in [3.05, 3.63) is 88.5 Å². The number of hydrogen-bond donors (Lipinski definition) is 8. The van der Waals surface area contributed by atoms with Crippen molar-refractivity contribution in [1.29, 1.82) is 0 Å². The van der Waals surface area contributed by atoms with Crippen molar-refractivity contribution in [2.45, 2.75) is 166 Å². The number of phenolic OH excluding ortho intramolecular Hbond substituents is 2. The fraction of sp³-hybridized carbons (Fsp3) is 0.657. The Kier molecular flexibility index (Phi) is 15.6. The molecule has 6 heterocycles. The Morgan fingerprint density at radius 1 is 0.863 bits per heavy atom. The maximum absolute atomic E-state index is 12.8. The molecule has 3 aromatic carbocycles. The Bertz CT molecular complexity index is 2850. The Morgan fingerprint density at radius 3 is 2.48 bits per heavy atom. The van der Waals surface area contributed by atoms with Gasteiger partial charge in [0, 0.05) is 67.7 Å². The fourth-order valence-corrected chi connectivity index (χ4v) is 18.3. The quantitative estimate of drug-likeness (QED) is 0.104. The van der Waals surface area contributed by atoms with Crippen LogP contribution in [0.4, 0.5) is 0 Å². The van der Waals surface area contributed by atoms with Gasteiger partial charge >= 0.3 is 0 Å². The number of phenols is 2. The van der Waals surface area contributed by atoms with E-state index in [1.807, 2.05) is 24.3 Å². The number of methoxy groups -OCH3 is 1. The van der Waals surface area contributed by atoms with Gasteiger partial charge in [0.25, 0.3) is 0 Å². The number of aromatic hydroxyl groups is 2. The second-order valence-corrected chi connectivity index (χ2v) is 27.2. The molecule has 16 atom stereocenters. The summed E-state index contributed by atoms with van der Waals surface area (Å²) in [4.78, 5) is 5.31. The molecule has 13 heteroatoms. The van der Waals surface area contributed by atoms with Crippen molar-refractivity contribution in [2.24, 2.45) is 74.8 Å². The molecule has 6 aliphatic heterocycles. The number of nitrogens with one attached hydrogen (secondary N) is 2. The second-order valence-electron chi connectivity index (χ2n) is 27.2. The van der Waals surface area contributed by atoms with Gasteiger partial charge in [-0.25, -0.2) is 0 Å². The first-order valence-corrected chi connectivity index (χ1v) is 31.1. The van der Waals surface area contributed by atoms with Crippen molar-refractivity contribution >= 4 is 5.96 Å². The molecule has 3 aromatic rings. The largest absolute Gasteiger partial charge is 0.508 e. The predicted octanol–water partition coefficient (Wildman–Crippen LogP) is 10.2. The van der Waals surface area contributed by atoms with Gasteiger partial charge in [-0.2, -0.15) is 0 Å². The third kappa shape index (κ3) is 10.1. The average Bonchev–Trinajstić information content (AvgIpc) is 4.16. The molecule has 3 spiro atoms. The number of hydrogen-bond acceptors (Lipinski definition) is 13.